The van der Waals surface area contributed by atoms with Crippen LogP contribution in [-0.4, -0.2) is 25.1 Å². The smallest absolute Gasteiger partial charge is 0.128 e. The maximum atomic E-state index is 4.78. The van der Waals surface area contributed by atoms with E-state index in [9.17, 15) is 0 Å². The van der Waals surface area contributed by atoms with Gasteiger partial charge in [-0.25, -0.2) is 4.98 Å². The molecule has 0 saturated carbocycles. The molecule has 0 unspecified atom stereocenters. The van der Waals surface area contributed by atoms with Crippen molar-refractivity contribution in [2.45, 2.75) is 46.6 Å². The zero-order valence-electron chi connectivity index (χ0n) is 12.7. The third-order valence-corrected chi connectivity index (χ3v) is 3.08. The number of nitrogens with one attached hydrogen (secondary N) is 1. The van der Waals surface area contributed by atoms with Crippen LogP contribution in [0.1, 0.15) is 45.9 Å². The van der Waals surface area contributed by atoms with E-state index in [4.69, 9.17) is 4.98 Å². The van der Waals surface area contributed by atoms with Crippen molar-refractivity contribution in [1.82, 2.24) is 10.3 Å². The van der Waals surface area contributed by atoms with E-state index in [2.05, 4.69) is 64.0 Å². The van der Waals surface area contributed by atoms with Gasteiger partial charge in [-0.05, 0) is 31.2 Å². The quantitative estimate of drug-likeness (QED) is 0.869. The van der Waals surface area contributed by atoms with E-state index in [0.717, 1.165) is 31.1 Å². The highest BCUT2D eigenvalue weighted by Crippen LogP contribution is 2.24. The molecule has 1 rings (SSSR count). The Kier molecular flexibility index (Phi) is 5.15. The fraction of sp³-hybridized carbons (Fsp3) is 0.667. The lowest BCUT2D eigenvalue weighted by molar-refractivity contribution is 0.566. The Morgan fingerprint density at radius 2 is 1.89 bits per heavy atom. The normalized spacial score (nSPS) is 11.7. The summed E-state index contributed by atoms with van der Waals surface area (Å²) in [4.78, 5) is 6.97. The lowest BCUT2D eigenvalue weighted by atomic mass is 9.90. The van der Waals surface area contributed by atoms with Gasteiger partial charge in [-0.3, -0.25) is 0 Å². The molecule has 1 heterocycles. The third-order valence-electron chi connectivity index (χ3n) is 3.08. The topological polar surface area (TPSA) is 28.2 Å². The van der Waals surface area contributed by atoms with Gasteiger partial charge in [0.05, 0.1) is 0 Å². The van der Waals surface area contributed by atoms with E-state index in [1.807, 2.05) is 0 Å². The molecule has 0 bridgehead atoms. The zero-order chi connectivity index (χ0) is 13.8. The van der Waals surface area contributed by atoms with Crippen molar-refractivity contribution >= 4 is 5.82 Å². The molecular formula is C15H27N3. The Morgan fingerprint density at radius 1 is 1.22 bits per heavy atom. The summed E-state index contributed by atoms with van der Waals surface area (Å²) >= 11 is 0. The van der Waals surface area contributed by atoms with Gasteiger partial charge in [0.15, 0.2) is 0 Å². The van der Waals surface area contributed by atoms with Crippen LogP contribution in [0.2, 0.25) is 0 Å². The minimum absolute atomic E-state index is 0.0888. The maximum absolute atomic E-state index is 4.78. The average Bonchev–Trinajstić information content (AvgIpc) is 2.33. The van der Waals surface area contributed by atoms with Crippen molar-refractivity contribution in [3.8, 4) is 0 Å². The summed E-state index contributed by atoms with van der Waals surface area (Å²) in [5, 5.41) is 3.38. The second kappa shape index (κ2) is 6.19. The highest BCUT2D eigenvalue weighted by molar-refractivity contribution is 5.43. The van der Waals surface area contributed by atoms with E-state index in [0.29, 0.717) is 0 Å². The molecule has 3 nitrogen and oxygen atoms in total. The van der Waals surface area contributed by atoms with Crippen LogP contribution in [0.4, 0.5) is 5.82 Å². The van der Waals surface area contributed by atoms with Crippen molar-refractivity contribution in [1.29, 1.82) is 0 Å². The Balaban J connectivity index is 3.12. The predicted molar refractivity (Wildman–Crippen MR) is 79.3 cm³/mol. The van der Waals surface area contributed by atoms with Gasteiger partial charge in [0.25, 0.3) is 0 Å². The minimum atomic E-state index is 0.0888. The summed E-state index contributed by atoms with van der Waals surface area (Å²) in [6.07, 6.45) is 0. The molecule has 18 heavy (non-hydrogen) atoms. The van der Waals surface area contributed by atoms with Crippen LogP contribution in [0.25, 0.3) is 0 Å². The molecule has 102 valence electrons. The number of pyridine rings is 1. The van der Waals surface area contributed by atoms with E-state index in [1.54, 1.807) is 0 Å². The van der Waals surface area contributed by atoms with E-state index < -0.39 is 0 Å². The highest BCUT2D eigenvalue weighted by atomic mass is 15.2. The SMILES string of the molecule is CCNCc1cc(N(C)CC)nc(C(C)(C)C)c1. The molecule has 0 aliphatic heterocycles. The lowest BCUT2D eigenvalue weighted by Gasteiger charge is -2.23. The largest absolute Gasteiger partial charge is 0.360 e. The van der Waals surface area contributed by atoms with Gasteiger partial charge < -0.3 is 10.2 Å². The summed E-state index contributed by atoms with van der Waals surface area (Å²) in [5.41, 5.74) is 2.56. The van der Waals surface area contributed by atoms with Crippen molar-refractivity contribution < 1.29 is 0 Å². The molecule has 3 heteroatoms. The molecule has 0 amide bonds. The molecule has 0 spiro atoms. The van der Waals surface area contributed by atoms with Crippen molar-refractivity contribution in [3.63, 3.8) is 0 Å². The number of aromatic nitrogens is 1. The molecule has 0 fully saturated rings. The number of nitrogens with zero attached hydrogens (tertiary/aromatic N) is 2. The van der Waals surface area contributed by atoms with Crippen LogP contribution in [0.3, 0.4) is 0 Å². The van der Waals surface area contributed by atoms with Gasteiger partial charge in [0.1, 0.15) is 5.82 Å². The minimum Gasteiger partial charge on any atom is -0.360 e. The first-order chi connectivity index (χ1) is 8.38. The molecule has 0 radical (unpaired) electrons. The summed E-state index contributed by atoms with van der Waals surface area (Å²) < 4.78 is 0. The van der Waals surface area contributed by atoms with Gasteiger partial charge in [0.2, 0.25) is 0 Å². The summed E-state index contributed by atoms with van der Waals surface area (Å²) in [5.74, 6) is 1.07. The summed E-state index contributed by atoms with van der Waals surface area (Å²) in [6.45, 7) is 13.8. The van der Waals surface area contributed by atoms with Crippen LogP contribution in [0.5, 0.6) is 0 Å². The fourth-order valence-corrected chi connectivity index (χ4v) is 1.68. The van der Waals surface area contributed by atoms with Crippen LogP contribution >= 0.6 is 0 Å². The number of rotatable bonds is 5. The van der Waals surface area contributed by atoms with Crippen molar-refractivity contribution in [3.05, 3.63) is 23.4 Å². The molecule has 0 aromatic carbocycles. The van der Waals surface area contributed by atoms with E-state index in [-0.39, 0.29) is 5.41 Å². The van der Waals surface area contributed by atoms with Gasteiger partial charge in [-0.1, -0.05) is 27.7 Å². The first-order valence-electron chi connectivity index (χ1n) is 6.81. The standard InChI is InChI=1S/C15H27N3/c1-7-16-11-12-9-13(15(3,4)5)17-14(10-12)18(6)8-2/h9-10,16H,7-8,11H2,1-6H3. The Bertz CT molecular complexity index is 380. The van der Waals surface area contributed by atoms with E-state index in [1.165, 1.54) is 5.56 Å². The fourth-order valence-electron chi connectivity index (χ4n) is 1.68. The van der Waals surface area contributed by atoms with E-state index >= 15 is 0 Å². The van der Waals surface area contributed by atoms with Crippen molar-refractivity contribution in [2.75, 3.05) is 25.0 Å². The first kappa shape index (κ1) is 15.0. The second-order valence-corrected chi connectivity index (χ2v) is 5.76. The van der Waals surface area contributed by atoms with Crippen molar-refractivity contribution in [2.24, 2.45) is 0 Å². The number of hydrogen-bond acceptors (Lipinski definition) is 3. The molecule has 0 aliphatic carbocycles. The average molecular weight is 249 g/mol. The molecule has 0 saturated heterocycles. The Morgan fingerprint density at radius 3 is 2.39 bits per heavy atom. The molecule has 1 N–H and O–H groups in total. The first-order valence-corrected chi connectivity index (χ1v) is 6.81. The summed E-state index contributed by atoms with van der Waals surface area (Å²) in [6, 6.07) is 4.40. The van der Waals surface area contributed by atoms with Gasteiger partial charge in [-0.15, -0.1) is 0 Å². The maximum Gasteiger partial charge on any atom is 0.128 e. The lowest BCUT2D eigenvalue weighted by Crippen LogP contribution is -2.22. The van der Waals surface area contributed by atoms with Crippen LogP contribution in [0.15, 0.2) is 12.1 Å². The van der Waals surface area contributed by atoms with Crippen LogP contribution in [0, 0.1) is 0 Å². The predicted octanol–water partition coefficient (Wildman–Crippen LogP) is 2.94. The highest BCUT2D eigenvalue weighted by Gasteiger charge is 2.17. The Labute approximate surface area is 112 Å². The number of anilines is 1. The van der Waals surface area contributed by atoms with Crippen LogP contribution < -0.4 is 10.2 Å². The molecule has 0 atom stereocenters. The third kappa shape index (κ3) is 3.98. The molecule has 1 aromatic rings. The second-order valence-electron chi connectivity index (χ2n) is 5.76. The Hall–Kier alpha value is -1.09. The number of hydrogen-bond donors (Lipinski definition) is 1. The molecule has 0 aliphatic rings. The zero-order valence-corrected chi connectivity index (χ0v) is 12.7. The molecular weight excluding hydrogens is 222 g/mol. The monoisotopic (exact) mass is 249 g/mol. The van der Waals surface area contributed by atoms with Gasteiger partial charge in [-0.2, -0.15) is 0 Å². The summed E-state index contributed by atoms with van der Waals surface area (Å²) in [7, 11) is 2.09. The molecule has 1 aromatic heterocycles. The van der Waals surface area contributed by atoms with Gasteiger partial charge in [0, 0.05) is 31.2 Å². The van der Waals surface area contributed by atoms with Crippen LogP contribution in [-0.2, 0) is 12.0 Å². The van der Waals surface area contributed by atoms with Gasteiger partial charge >= 0.3 is 0 Å².